The highest BCUT2D eigenvalue weighted by molar-refractivity contribution is 5.79. The summed E-state index contributed by atoms with van der Waals surface area (Å²) in [6.45, 7) is 9.60. The molecule has 0 radical (unpaired) electrons. The van der Waals surface area contributed by atoms with Gasteiger partial charge in [0.15, 0.2) is 6.61 Å². The van der Waals surface area contributed by atoms with E-state index in [9.17, 15) is 14.4 Å². The lowest BCUT2D eigenvalue weighted by Crippen LogP contribution is -2.52. The first-order valence-electron chi connectivity index (χ1n) is 10.9. The zero-order chi connectivity index (χ0) is 22.9. The molecule has 1 fully saturated rings. The van der Waals surface area contributed by atoms with Crippen molar-refractivity contribution in [2.75, 3.05) is 39.3 Å². The van der Waals surface area contributed by atoms with Crippen molar-refractivity contribution in [3.05, 3.63) is 29.8 Å². The number of hydrogen-bond acceptors (Lipinski definition) is 5. The second-order valence-corrected chi connectivity index (χ2v) is 8.62. The maximum Gasteiger partial charge on any atom is 0.407 e. The zero-order valence-corrected chi connectivity index (χ0v) is 19.1. The Morgan fingerprint density at radius 2 is 1.55 bits per heavy atom. The highest BCUT2D eigenvalue weighted by Crippen LogP contribution is 2.14. The number of alkyl carbamates (subject to hydrolysis) is 1. The SMILES string of the molecule is CCCc1ccc(OCC(=O)N2CCN(C(=O)CCNC(=O)OC(C)(C)C)CC2)cc1. The second-order valence-electron chi connectivity index (χ2n) is 8.62. The first-order chi connectivity index (χ1) is 14.7. The van der Waals surface area contributed by atoms with E-state index in [1.807, 2.05) is 24.3 Å². The van der Waals surface area contributed by atoms with Gasteiger partial charge in [-0.1, -0.05) is 25.5 Å². The maximum absolute atomic E-state index is 12.4. The number of nitrogens with zero attached hydrogens (tertiary/aromatic N) is 2. The minimum atomic E-state index is -0.570. The van der Waals surface area contributed by atoms with Crippen molar-refractivity contribution in [3.8, 4) is 5.75 Å². The topological polar surface area (TPSA) is 88.2 Å². The van der Waals surface area contributed by atoms with E-state index in [0.717, 1.165) is 12.8 Å². The minimum absolute atomic E-state index is 0.0130. The van der Waals surface area contributed by atoms with Gasteiger partial charge in [0, 0.05) is 39.1 Å². The first-order valence-corrected chi connectivity index (χ1v) is 10.9. The Morgan fingerprint density at radius 3 is 2.10 bits per heavy atom. The van der Waals surface area contributed by atoms with Crippen molar-refractivity contribution < 1.29 is 23.9 Å². The zero-order valence-electron chi connectivity index (χ0n) is 19.1. The molecule has 1 aliphatic rings. The summed E-state index contributed by atoms with van der Waals surface area (Å²) in [5, 5.41) is 2.59. The molecule has 1 aromatic carbocycles. The van der Waals surface area contributed by atoms with E-state index in [4.69, 9.17) is 9.47 Å². The predicted octanol–water partition coefficient (Wildman–Crippen LogP) is 2.60. The Kier molecular flexibility index (Phi) is 9.15. The van der Waals surface area contributed by atoms with Crippen LogP contribution in [0.2, 0.25) is 0 Å². The number of piperazine rings is 1. The Morgan fingerprint density at radius 1 is 0.968 bits per heavy atom. The monoisotopic (exact) mass is 433 g/mol. The van der Waals surface area contributed by atoms with Gasteiger partial charge in [-0.05, 0) is 44.9 Å². The molecule has 3 amide bonds. The fourth-order valence-electron chi connectivity index (χ4n) is 3.23. The lowest BCUT2D eigenvalue weighted by Gasteiger charge is -2.34. The quantitative estimate of drug-likeness (QED) is 0.681. The average Bonchev–Trinajstić information content (AvgIpc) is 2.72. The molecule has 0 aliphatic carbocycles. The van der Waals surface area contributed by atoms with Crippen LogP contribution in [-0.2, 0) is 20.7 Å². The lowest BCUT2D eigenvalue weighted by atomic mass is 10.1. The summed E-state index contributed by atoms with van der Waals surface area (Å²) in [6.07, 6.45) is 1.78. The largest absolute Gasteiger partial charge is 0.484 e. The molecule has 31 heavy (non-hydrogen) atoms. The summed E-state index contributed by atoms with van der Waals surface area (Å²) in [6, 6.07) is 7.82. The molecule has 8 heteroatoms. The second kappa shape index (κ2) is 11.6. The van der Waals surface area contributed by atoms with Crippen molar-refractivity contribution in [1.82, 2.24) is 15.1 Å². The molecule has 1 aromatic rings. The Hall–Kier alpha value is -2.77. The van der Waals surface area contributed by atoms with Crippen LogP contribution < -0.4 is 10.1 Å². The van der Waals surface area contributed by atoms with Crippen molar-refractivity contribution in [2.45, 2.75) is 52.6 Å². The number of amides is 3. The van der Waals surface area contributed by atoms with Crippen molar-refractivity contribution in [2.24, 2.45) is 0 Å². The van der Waals surface area contributed by atoms with Gasteiger partial charge in [0.2, 0.25) is 5.91 Å². The standard InChI is InChI=1S/C23H35N3O5/c1-5-6-18-7-9-19(10-8-18)30-17-21(28)26-15-13-25(14-16-26)20(27)11-12-24-22(29)31-23(2,3)4/h7-10H,5-6,11-17H2,1-4H3,(H,24,29). The van der Waals surface area contributed by atoms with Crippen LogP contribution in [0, 0.1) is 0 Å². The number of hydrogen-bond donors (Lipinski definition) is 1. The molecular weight excluding hydrogens is 398 g/mol. The number of carbonyl (C=O) groups is 3. The molecule has 1 heterocycles. The Bertz CT molecular complexity index is 735. The van der Waals surface area contributed by atoms with E-state index >= 15 is 0 Å². The molecule has 1 saturated heterocycles. The van der Waals surface area contributed by atoms with Crippen LogP contribution >= 0.6 is 0 Å². The van der Waals surface area contributed by atoms with Crippen LogP contribution in [0.3, 0.4) is 0 Å². The molecule has 0 spiro atoms. The molecule has 0 atom stereocenters. The summed E-state index contributed by atoms with van der Waals surface area (Å²) >= 11 is 0. The van der Waals surface area contributed by atoms with E-state index < -0.39 is 11.7 Å². The number of rotatable bonds is 8. The maximum atomic E-state index is 12.4. The van der Waals surface area contributed by atoms with Gasteiger partial charge in [0.25, 0.3) is 5.91 Å². The summed E-state index contributed by atoms with van der Waals surface area (Å²) < 4.78 is 10.8. The van der Waals surface area contributed by atoms with Gasteiger partial charge in [0.1, 0.15) is 11.4 Å². The van der Waals surface area contributed by atoms with E-state index in [1.165, 1.54) is 5.56 Å². The van der Waals surface area contributed by atoms with Crippen molar-refractivity contribution >= 4 is 17.9 Å². The summed E-state index contributed by atoms with van der Waals surface area (Å²) in [4.78, 5) is 39.8. The Balaban J connectivity index is 1.66. The third-order valence-electron chi connectivity index (χ3n) is 4.82. The van der Waals surface area contributed by atoms with E-state index in [-0.39, 0.29) is 31.4 Å². The van der Waals surface area contributed by atoms with Crippen molar-refractivity contribution in [3.63, 3.8) is 0 Å². The third kappa shape index (κ3) is 8.86. The normalized spacial score (nSPS) is 14.2. The molecule has 1 aliphatic heterocycles. The number of carbonyl (C=O) groups excluding carboxylic acids is 3. The van der Waals surface area contributed by atoms with Gasteiger partial charge in [-0.15, -0.1) is 0 Å². The first kappa shape index (κ1) is 24.5. The van der Waals surface area contributed by atoms with Gasteiger partial charge >= 0.3 is 6.09 Å². The van der Waals surface area contributed by atoms with Gasteiger partial charge in [0.05, 0.1) is 0 Å². The number of nitrogens with one attached hydrogen (secondary N) is 1. The number of aryl methyl sites for hydroxylation is 1. The number of benzene rings is 1. The molecule has 2 rings (SSSR count). The third-order valence-corrected chi connectivity index (χ3v) is 4.82. The van der Waals surface area contributed by atoms with Crippen LogP contribution in [0.1, 0.15) is 46.1 Å². The summed E-state index contributed by atoms with van der Waals surface area (Å²) in [7, 11) is 0. The summed E-state index contributed by atoms with van der Waals surface area (Å²) in [5.74, 6) is 0.544. The molecule has 0 saturated carbocycles. The smallest absolute Gasteiger partial charge is 0.407 e. The fraction of sp³-hybridized carbons (Fsp3) is 0.609. The van der Waals surface area contributed by atoms with Gasteiger partial charge in [-0.25, -0.2) is 4.79 Å². The molecular formula is C23H35N3O5. The molecule has 0 bridgehead atoms. The van der Waals surface area contributed by atoms with E-state index in [1.54, 1.807) is 30.6 Å². The lowest BCUT2D eigenvalue weighted by molar-refractivity contribution is -0.140. The van der Waals surface area contributed by atoms with Crippen LogP contribution in [0.25, 0.3) is 0 Å². The molecule has 8 nitrogen and oxygen atoms in total. The Labute approximate surface area is 184 Å². The molecule has 172 valence electrons. The molecule has 0 unspecified atom stereocenters. The van der Waals surface area contributed by atoms with E-state index in [0.29, 0.717) is 31.9 Å². The fourth-order valence-corrected chi connectivity index (χ4v) is 3.23. The molecule has 0 aromatic heterocycles. The highest BCUT2D eigenvalue weighted by Gasteiger charge is 2.24. The highest BCUT2D eigenvalue weighted by atomic mass is 16.6. The van der Waals surface area contributed by atoms with Crippen LogP contribution in [-0.4, -0.2) is 72.6 Å². The van der Waals surface area contributed by atoms with Crippen LogP contribution in [0.4, 0.5) is 4.79 Å². The van der Waals surface area contributed by atoms with Gasteiger partial charge in [-0.2, -0.15) is 0 Å². The van der Waals surface area contributed by atoms with Crippen LogP contribution in [0.5, 0.6) is 5.75 Å². The number of ether oxygens (including phenoxy) is 2. The predicted molar refractivity (Wildman–Crippen MR) is 118 cm³/mol. The van der Waals surface area contributed by atoms with Gasteiger partial charge < -0.3 is 24.6 Å². The summed E-state index contributed by atoms with van der Waals surface area (Å²) in [5.41, 5.74) is 0.683. The molecule has 1 N–H and O–H groups in total. The average molecular weight is 434 g/mol. The van der Waals surface area contributed by atoms with Gasteiger partial charge in [-0.3, -0.25) is 9.59 Å². The van der Waals surface area contributed by atoms with Crippen LogP contribution in [0.15, 0.2) is 24.3 Å². The van der Waals surface area contributed by atoms with Crippen molar-refractivity contribution in [1.29, 1.82) is 0 Å². The van der Waals surface area contributed by atoms with E-state index in [2.05, 4.69) is 12.2 Å². The minimum Gasteiger partial charge on any atom is -0.484 e.